The molecule has 4 aromatic rings. The molecule has 2 aromatic carbocycles. The van der Waals surface area contributed by atoms with E-state index >= 15 is 0 Å². The highest BCUT2D eigenvalue weighted by molar-refractivity contribution is 7.99. The van der Waals surface area contributed by atoms with Crippen molar-refractivity contribution >= 4 is 34.3 Å². The first kappa shape index (κ1) is 21.2. The summed E-state index contributed by atoms with van der Waals surface area (Å²) in [7, 11) is 0. The minimum absolute atomic E-state index is 0.104. The molecular weight excluding hydrogens is 436 g/mol. The van der Waals surface area contributed by atoms with Gasteiger partial charge in [-0.3, -0.25) is 9.36 Å². The molecule has 2 N–H and O–H groups in total. The highest BCUT2D eigenvalue weighted by Crippen LogP contribution is 2.31. The summed E-state index contributed by atoms with van der Waals surface area (Å²) in [6.45, 7) is 1.40. The van der Waals surface area contributed by atoms with Crippen LogP contribution in [-0.4, -0.2) is 44.1 Å². The molecule has 0 saturated carbocycles. The molecule has 0 spiro atoms. The molecule has 33 heavy (non-hydrogen) atoms. The SMILES string of the molecule is N#Cc1cccc(NC(=O)CSc2nnc(-c3c[nH]c4ccccc34)n2C[C@@H]2CCCO2)c1. The van der Waals surface area contributed by atoms with E-state index in [2.05, 4.69) is 37.2 Å². The number of hydrogen-bond donors (Lipinski definition) is 2. The number of amides is 1. The highest BCUT2D eigenvalue weighted by atomic mass is 32.2. The van der Waals surface area contributed by atoms with Gasteiger partial charge in [0, 0.05) is 35.0 Å². The Balaban J connectivity index is 1.37. The van der Waals surface area contributed by atoms with E-state index in [0.717, 1.165) is 41.7 Å². The third-order valence-corrected chi connectivity index (χ3v) is 6.53. The predicted molar refractivity (Wildman–Crippen MR) is 127 cm³/mol. The molecule has 9 heteroatoms. The van der Waals surface area contributed by atoms with E-state index in [1.165, 1.54) is 11.8 Å². The molecule has 0 bridgehead atoms. The second kappa shape index (κ2) is 9.48. The summed E-state index contributed by atoms with van der Waals surface area (Å²) < 4.78 is 7.92. The number of anilines is 1. The number of carbonyl (C=O) groups is 1. The number of para-hydroxylation sites is 1. The molecule has 1 amide bonds. The van der Waals surface area contributed by atoms with Crippen molar-refractivity contribution in [2.45, 2.75) is 30.6 Å². The first-order valence-corrected chi connectivity index (χ1v) is 11.7. The molecule has 1 aliphatic heterocycles. The molecular formula is C24H22N6O2S. The number of aromatic nitrogens is 4. The molecule has 1 aliphatic rings. The predicted octanol–water partition coefficient (Wildman–Crippen LogP) is 4.21. The summed E-state index contributed by atoms with van der Waals surface area (Å²) >= 11 is 1.34. The molecule has 1 saturated heterocycles. The third-order valence-electron chi connectivity index (χ3n) is 5.56. The van der Waals surface area contributed by atoms with Gasteiger partial charge in [0.25, 0.3) is 0 Å². The molecule has 5 rings (SSSR count). The van der Waals surface area contributed by atoms with Crippen LogP contribution in [0.2, 0.25) is 0 Å². The lowest BCUT2D eigenvalue weighted by atomic mass is 10.1. The van der Waals surface area contributed by atoms with Crippen molar-refractivity contribution in [2.24, 2.45) is 0 Å². The lowest BCUT2D eigenvalue weighted by Crippen LogP contribution is -2.18. The van der Waals surface area contributed by atoms with E-state index in [0.29, 0.717) is 23.0 Å². The van der Waals surface area contributed by atoms with Crippen LogP contribution in [0, 0.1) is 11.3 Å². The summed E-state index contributed by atoms with van der Waals surface area (Å²) in [5.74, 6) is 0.761. The van der Waals surface area contributed by atoms with E-state index in [9.17, 15) is 4.79 Å². The van der Waals surface area contributed by atoms with Gasteiger partial charge in [0.1, 0.15) is 0 Å². The van der Waals surface area contributed by atoms with E-state index in [1.54, 1.807) is 24.3 Å². The summed E-state index contributed by atoms with van der Waals surface area (Å²) in [5, 5.41) is 22.5. The molecule has 166 valence electrons. The summed E-state index contributed by atoms with van der Waals surface area (Å²) in [4.78, 5) is 15.8. The Morgan fingerprint density at radius 3 is 3.03 bits per heavy atom. The summed E-state index contributed by atoms with van der Waals surface area (Å²) in [6.07, 6.45) is 4.09. The number of nitriles is 1. The second-order valence-corrected chi connectivity index (χ2v) is 8.77. The minimum atomic E-state index is -0.171. The number of rotatable bonds is 7. The Kier molecular flexibility index (Phi) is 6.11. The standard InChI is InChI=1S/C24H22N6O2S/c25-12-16-5-3-6-17(11-16)27-22(31)15-33-24-29-28-23(30(24)14-18-7-4-10-32-18)20-13-26-21-9-2-1-8-19(20)21/h1-3,5-6,8-9,11,13,18,26H,4,7,10,14-15H2,(H,27,31)/t18-/m0/s1. The minimum Gasteiger partial charge on any atom is -0.376 e. The quantitative estimate of drug-likeness (QED) is 0.402. The molecule has 3 heterocycles. The van der Waals surface area contributed by atoms with Crippen LogP contribution in [-0.2, 0) is 16.1 Å². The van der Waals surface area contributed by atoms with Gasteiger partial charge in [-0.1, -0.05) is 36.0 Å². The van der Waals surface area contributed by atoms with Crippen molar-refractivity contribution in [3.05, 3.63) is 60.3 Å². The monoisotopic (exact) mass is 458 g/mol. The maximum atomic E-state index is 12.5. The normalized spacial score (nSPS) is 15.5. The van der Waals surface area contributed by atoms with Crippen LogP contribution < -0.4 is 5.32 Å². The number of nitrogens with zero attached hydrogens (tertiary/aromatic N) is 4. The Morgan fingerprint density at radius 2 is 2.18 bits per heavy atom. The number of nitrogens with one attached hydrogen (secondary N) is 2. The fourth-order valence-corrected chi connectivity index (χ4v) is 4.75. The number of aromatic amines is 1. The Hall–Kier alpha value is -3.61. The maximum Gasteiger partial charge on any atom is 0.234 e. The molecule has 0 aliphatic carbocycles. The van der Waals surface area contributed by atoms with E-state index in [-0.39, 0.29) is 17.8 Å². The van der Waals surface area contributed by atoms with Gasteiger partial charge in [-0.25, -0.2) is 0 Å². The van der Waals surface area contributed by atoms with Crippen LogP contribution in [0.15, 0.2) is 59.9 Å². The Labute approximate surface area is 195 Å². The summed E-state index contributed by atoms with van der Waals surface area (Å²) in [5.41, 5.74) is 3.10. The molecule has 2 aromatic heterocycles. The zero-order valence-corrected chi connectivity index (χ0v) is 18.6. The van der Waals surface area contributed by atoms with Crippen LogP contribution >= 0.6 is 11.8 Å². The number of fused-ring (bicyclic) bond motifs is 1. The van der Waals surface area contributed by atoms with Gasteiger partial charge in [-0.2, -0.15) is 5.26 Å². The van der Waals surface area contributed by atoms with E-state index in [4.69, 9.17) is 10.00 Å². The first-order chi connectivity index (χ1) is 16.2. The van der Waals surface area contributed by atoms with Gasteiger partial charge in [-0.05, 0) is 37.1 Å². The fourth-order valence-electron chi connectivity index (χ4n) is 4.00. The van der Waals surface area contributed by atoms with Gasteiger partial charge < -0.3 is 15.0 Å². The van der Waals surface area contributed by atoms with Crippen LogP contribution in [0.25, 0.3) is 22.3 Å². The van der Waals surface area contributed by atoms with Crippen molar-refractivity contribution in [1.82, 2.24) is 19.7 Å². The number of thioether (sulfide) groups is 1. The van der Waals surface area contributed by atoms with Crippen LogP contribution in [0.3, 0.4) is 0 Å². The van der Waals surface area contributed by atoms with E-state index in [1.807, 2.05) is 24.4 Å². The van der Waals surface area contributed by atoms with Crippen molar-refractivity contribution in [2.75, 3.05) is 17.7 Å². The number of benzene rings is 2. The van der Waals surface area contributed by atoms with Crippen LogP contribution in [0.5, 0.6) is 0 Å². The van der Waals surface area contributed by atoms with Gasteiger partial charge >= 0.3 is 0 Å². The number of hydrogen-bond acceptors (Lipinski definition) is 6. The molecule has 1 fully saturated rings. The number of H-pyrrole nitrogens is 1. The Morgan fingerprint density at radius 1 is 1.27 bits per heavy atom. The maximum absolute atomic E-state index is 12.5. The van der Waals surface area contributed by atoms with Gasteiger partial charge in [0.05, 0.1) is 30.0 Å². The van der Waals surface area contributed by atoms with E-state index < -0.39 is 0 Å². The molecule has 1 atom stereocenters. The molecule has 0 unspecified atom stereocenters. The zero-order chi connectivity index (χ0) is 22.6. The third kappa shape index (κ3) is 4.62. The van der Waals surface area contributed by atoms with Gasteiger partial charge in [-0.15, -0.1) is 10.2 Å². The lowest BCUT2D eigenvalue weighted by Gasteiger charge is -2.14. The highest BCUT2D eigenvalue weighted by Gasteiger charge is 2.23. The molecule has 0 radical (unpaired) electrons. The van der Waals surface area contributed by atoms with Crippen LogP contribution in [0.1, 0.15) is 18.4 Å². The topological polar surface area (TPSA) is 109 Å². The van der Waals surface area contributed by atoms with Crippen molar-refractivity contribution in [3.63, 3.8) is 0 Å². The number of ether oxygens (including phenoxy) is 1. The largest absolute Gasteiger partial charge is 0.376 e. The Bertz CT molecular complexity index is 1330. The van der Waals surface area contributed by atoms with Crippen LogP contribution in [0.4, 0.5) is 5.69 Å². The van der Waals surface area contributed by atoms with Crippen molar-refractivity contribution < 1.29 is 9.53 Å². The summed E-state index contributed by atoms with van der Waals surface area (Å²) in [6, 6.07) is 17.0. The van der Waals surface area contributed by atoms with Gasteiger partial charge in [0.2, 0.25) is 5.91 Å². The average molecular weight is 459 g/mol. The van der Waals surface area contributed by atoms with Crippen molar-refractivity contribution in [1.29, 1.82) is 5.26 Å². The first-order valence-electron chi connectivity index (χ1n) is 10.8. The van der Waals surface area contributed by atoms with Gasteiger partial charge in [0.15, 0.2) is 11.0 Å². The molecule has 8 nitrogen and oxygen atoms in total. The second-order valence-electron chi connectivity index (χ2n) is 7.83. The lowest BCUT2D eigenvalue weighted by molar-refractivity contribution is -0.113. The average Bonchev–Trinajstić information content (AvgIpc) is 3.58. The fraction of sp³-hybridized carbons (Fsp3) is 0.250. The smallest absolute Gasteiger partial charge is 0.234 e. The van der Waals surface area contributed by atoms with Crippen molar-refractivity contribution in [3.8, 4) is 17.5 Å². The number of carbonyl (C=O) groups excluding carboxylic acids is 1. The zero-order valence-electron chi connectivity index (χ0n) is 17.8.